The third-order valence-electron chi connectivity index (χ3n) is 3.10. The summed E-state index contributed by atoms with van der Waals surface area (Å²) in [5.74, 6) is -0.358. The maximum absolute atomic E-state index is 12.3. The van der Waals surface area contributed by atoms with Gasteiger partial charge in [0.15, 0.2) is 0 Å². The van der Waals surface area contributed by atoms with Gasteiger partial charge in [-0.05, 0) is 0 Å². The average Bonchev–Trinajstić information content (AvgIpc) is 2.39. The number of ketones is 2. The molecule has 0 unspecified atom stereocenters. The number of hydrogen-bond acceptors (Lipinski definition) is 4. The Balaban J connectivity index is 2.24. The van der Waals surface area contributed by atoms with Gasteiger partial charge >= 0.3 is 0 Å². The number of benzene rings is 1. The Morgan fingerprint density at radius 1 is 1.06 bits per heavy atom. The fourth-order valence-corrected chi connectivity index (χ4v) is 3.20. The normalized spacial score (nSPS) is 18.9. The zero-order chi connectivity index (χ0) is 12.9. The first kappa shape index (κ1) is 11.2. The van der Waals surface area contributed by atoms with E-state index in [2.05, 4.69) is 0 Å². The predicted octanol–water partition coefficient (Wildman–Crippen LogP) is 1.48. The highest BCUT2D eigenvalue weighted by molar-refractivity contribution is 8.04. The van der Waals surface area contributed by atoms with E-state index >= 15 is 0 Å². The Kier molecular flexibility index (Phi) is 2.38. The van der Waals surface area contributed by atoms with Crippen molar-refractivity contribution in [2.75, 3.05) is 12.8 Å². The van der Waals surface area contributed by atoms with E-state index in [1.165, 1.54) is 11.9 Å². The zero-order valence-corrected chi connectivity index (χ0v) is 10.4. The SMILES string of the molecule is CN1C(=O)CSC2=C1C(=O)c1ccccc1C2=O. The molecule has 5 heteroatoms. The van der Waals surface area contributed by atoms with Crippen molar-refractivity contribution >= 4 is 29.2 Å². The second kappa shape index (κ2) is 3.81. The molecule has 1 aromatic rings. The summed E-state index contributed by atoms with van der Waals surface area (Å²) in [5.41, 5.74) is 1.03. The third-order valence-corrected chi connectivity index (χ3v) is 4.16. The number of likely N-dealkylation sites (N-methyl/N-ethyl adjacent to an activating group) is 1. The Hall–Kier alpha value is -1.88. The maximum Gasteiger partial charge on any atom is 0.237 e. The van der Waals surface area contributed by atoms with Crippen LogP contribution in [0.4, 0.5) is 0 Å². The van der Waals surface area contributed by atoms with Gasteiger partial charge in [0, 0.05) is 18.2 Å². The van der Waals surface area contributed by atoms with E-state index in [-0.39, 0.29) is 28.9 Å². The minimum atomic E-state index is -0.247. The Morgan fingerprint density at radius 2 is 1.67 bits per heavy atom. The molecule has 1 aliphatic heterocycles. The summed E-state index contributed by atoms with van der Waals surface area (Å²) < 4.78 is 0. The van der Waals surface area contributed by atoms with E-state index < -0.39 is 0 Å². The largest absolute Gasteiger partial charge is 0.310 e. The van der Waals surface area contributed by atoms with Crippen LogP contribution >= 0.6 is 11.8 Å². The number of hydrogen-bond donors (Lipinski definition) is 0. The lowest BCUT2D eigenvalue weighted by molar-refractivity contribution is -0.125. The van der Waals surface area contributed by atoms with Crippen LogP contribution in [0, 0.1) is 0 Å². The van der Waals surface area contributed by atoms with E-state index in [9.17, 15) is 14.4 Å². The molecule has 0 saturated carbocycles. The molecular weight excluding hydrogens is 250 g/mol. The first-order valence-corrected chi connectivity index (χ1v) is 6.42. The maximum atomic E-state index is 12.3. The number of fused-ring (bicyclic) bond motifs is 1. The number of amides is 1. The lowest BCUT2D eigenvalue weighted by atomic mass is 9.92. The number of carbonyl (C=O) groups is 3. The van der Waals surface area contributed by atoms with Crippen molar-refractivity contribution in [3.63, 3.8) is 0 Å². The van der Waals surface area contributed by atoms with Gasteiger partial charge in [-0.15, -0.1) is 11.8 Å². The molecule has 1 aliphatic carbocycles. The van der Waals surface area contributed by atoms with Crippen LogP contribution in [0.25, 0.3) is 0 Å². The average molecular weight is 259 g/mol. The molecule has 0 fully saturated rings. The van der Waals surface area contributed by atoms with Crippen LogP contribution in [0.2, 0.25) is 0 Å². The van der Waals surface area contributed by atoms with Gasteiger partial charge in [-0.25, -0.2) is 0 Å². The highest BCUT2D eigenvalue weighted by Crippen LogP contribution is 2.36. The molecule has 1 aromatic carbocycles. The zero-order valence-electron chi connectivity index (χ0n) is 9.60. The van der Waals surface area contributed by atoms with Gasteiger partial charge < -0.3 is 4.90 Å². The Morgan fingerprint density at radius 3 is 2.33 bits per heavy atom. The summed E-state index contributed by atoms with van der Waals surface area (Å²) in [5, 5.41) is 0. The van der Waals surface area contributed by atoms with Crippen molar-refractivity contribution in [1.82, 2.24) is 4.90 Å². The van der Waals surface area contributed by atoms with E-state index in [0.29, 0.717) is 16.0 Å². The van der Waals surface area contributed by atoms with Crippen molar-refractivity contribution in [3.8, 4) is 0 Å². The van der Waals surface area contributed by atoms with Gasteiger partial charge in [0.1, 0.15) is 5.70 Å². The smallest absolute Gasteiger partial charge is 0.237 e. The van der Waals surface area contributed by atoms with Crippen molar-refractivity contribution < 1.29 is 14.4 Å². The van der Waals surface area contributed by atoms with Gasteiger partial charge in [-0.2, -0.15) is 0 Å². The fourth-order valence-electron chi connectivity index (χ4n) is 2.13. The van der Waals surface area contributed by atoms with Gasteiger partial charge in [0.25, 0.3) is 0 Å². The number of carbonyl (C=O) groups excluding carboxylic acids is 3. The lowest BCUT2D eigenvalue weighted by Crippen LogP contribution is -2.39. The topological polar surface area (TPSA) is 54.5 Å². The van der Waals surface area contributed by atoms with E-state index in [1.807, 2.05) is 0 Å². The molecule has 1 heterocycles. The monoisotopic (exact) mass is 259 g/mol. The number of thioether (sulfide) groups is 1. The Labute approximate surface area is 108 Å². The molecule has 4 nitrogen and oxygen atoms in total. The van der Waals surface area contributed by atoms with E-state index in [4.69, 9.17) is 0 Å². The highest BCUT2D eigenvalue weighted by Gasteiger charge is 2.38. The number of rotatable bonds is 0. The molecule has 2 aliphatic rings. The summed E-state index contributed by atoms with van der Waals surface area (Å²) in [6.45, 7) is 0. The summed E-state index contributed by atoms with van der Waals surface area (Å²) in [6.07, 6.45) is 0. The van der Waals surface area contributed by atoms with Crippen LogP contribution in [0.5, 0.6) is 0 Å². The predicted molar refractivity (Wildman–Crippen MR) is 67.4 cm³/mol. The molecule has 18 heavy (non-hydrogen) atoms. The molecular formula is C13H9NO3S. The Bertz CT molecular complexity index is 633. The van der Waals surface area contributed by atoms with Crippen LogP contribution in [-0.4, -0.2) is 35.2 Å². The number of allylic oxidation sites excluding steroid dienone is 2. The summed E-state index contributed by atoms with van der Waals surface area (Å²) in [6, 6.07) is 6.72. The first-order chi connectivity index (χ1) is 8.61. The van der Waals surface area contributed by atoms with Gasteiger partial charge in [0.2, 0.25) is 17.5 Å². The molecule has 0 spiro atoms. The van der Waals surface area contributed by atoms with Gasteiger partial charge in [0.05, 0.1) is 10.7 Å². The molecule has 0 bridgehead atoms. The molecule has 0 N–H and O–H groups in total. The fraction of sp³-hybridized carbons (Fsp3) is 0.154. The molecule has 0 radical (unpaired) electrons. The molecule has 1 amide bonds. The number of Topliss-reactive ketones (excluding diaryl/α,β-unsaturated/α-hetero) is 2. The molecule has 90 valence electrons. The quantitative estimate of drug-likeness (QED) is 0.708. The summed E-state index contributed by atoms with van der Waals surface area (Å²) in [4.78, 5) is 37.9. The molecule has 0 aromatic heterocycles. The lowest BCUT2D eigenvalue weighted by Gasteiger charge is -2.30. The minimum absolute atomic E-state index is 0.153. The van der Waals surface area contributed by atoms with E-state index in [1.54, 1.807) is 24.3 Å². The van der Waals surface area contributed by atoms with Crippen molar-refractivity contribution in [3.05, 3.63) is 46.0 Å². The van der Waals surface area contributed by atoms with Crippen LogP contribution in [0.15, 0.2) is 34.9 Å². The summed E-state index contributed by atoms with van der Waals surface area (Å²) >= 11 is 1.15. The van der Waals surface area contributed by atoms with Gasteiger partial charge in [-0.3, -0.25) is 14.4 Å². The first-order valence-electron chi connectivity index (χ1n) is 5.43. The van der Waals surface area contributed by atoms with Crippen molar-refractivity contribution in [2.24, 2.45) is 0 Å². The molecule has 0 saturated heterocycles. The van der Waals surface area contributed by atoms with Crippen LogP contribution in [-0.2, 0) is 4.79 Å². The second-order valence-corrected chi connectivity index (χ2v) is 5.11. The van der Waals surface area contributed by atoms with Crippen LogP contribution < -0.4 is 0 Å². The van der Waals surface area contributed by atoms with Crippen molar-refractivity contribution in [2.45, 2.75) is 0 Å². The standard InChI is InChI=1S/C13H9NO3S/c1-14-9(15)6-18-13-10(14)11(16)7-4-2-3-5-8(7)12(13)17/h2-5H,6H2,1H3. The van der Waals surface area contributed by atoms with Crippen LogP contribution in [0.3, 0.4) is 0 Å². The summed E-state index contributed by atoms with van der Waals surface area (Å²) in [7, 11) is 1.54. The molecule has 0 atom stereocenters. The van der Waals surface area contributed by atoms with Crippen molar-refractivity contribution in [1.29, 1.82) is 0 Å². The van der Waals surface area contributed by atoms with Crippen LogP contribution in [0.1, 0.15) is 20.7 Å². The third kappa shape index (κ3) is 1.37. The minimum Gasteiger partial charge on any atom is -0.310 e. The van der Waals surface area contributed by atoms with Gasteiger partial charge in [-0.1, -0.05) is 24.3 Å². The molecule has 3 rings (SSSR count). The van der Waals surface area contributed by atoms with E-state index in [0.717, 1.165) is 11.8 Å². The second-order valence-electron chi connectivity index (χ2n) is 4.12. The number of nitrogens with zero attached hydrogens (tertiary/aromatic N) is 1. The highest BCUT2D eigenvalue weighted by atomic mass is 32.2.